The molecule has 0 radical (unpaired) electrons. The monoisotopic (exact) mass is 269 g/mol. The number of carboxylic acid groups (broad SMARTS) is 1. The van der Waals surface area contributed by atoms with Crippen LogP contribution in [0.2, 0.25) is 0 Å². The highest BCUT2D eigenvalue weighted by Gasteiger charge is 2.27. The quantitative estimate of drug-likeness (QED) is 0.897. The largest absolute Gasteiger partial charge is 0.480 e. The molecule has 0 aliphatic carbocycles. The number of rotatable bonds is 4. The van der Waals surface area contributed by atoms with Crippen molar-refractivity contribution in [3.63, 3.8) is 0 Å². The summed E-state index contributed by atoms with van der Waals surface area (Å²) in [6, 6.07) is 14.7. The molecule has 0 aliphatic heterocycles. The van der Waals surface area contributed by atoms with E-state index in [1.807, 2.05) is 62.4 Å². The third-order valence-corrected chi connectivity index (χ3v) is 3.52. The zero-order valence-electron chi connectivity index (χ0n) is 11.7. The van der Waals surface area contributed by atoms with E-state index in [1.54, 1.807) is 0 Å². The molecule has 0 heterocycles. The molecule has 0 saturated heterocycles. The fraction of sp³-hybridized carbons (Fsp3) is 0.235. The van der Waals surface area contributed by atoms with Gasteiger partial charge in [0.05, 0.1) is 0 Å². The van der Waals surface area contributed by atoms with Crippen LogP contribution >= 0.6 is 0 Å². The summed E-state index contributed by atoms with van der Waals surface area (Å²) in [5.41, 5.74) is 10.0. The summed E-state index contributed by atoms with van der Waals surface area (Å²) in [7, 11) is 0. The Labute approximate surface area is 119 Å². The predicted octanol–water partition coefficient (Wildman–Crippen LogP) is 2.85. The van der Waals surface area contributed by atoms with E-state index >= 15 is 0 Å². The van der Waals surface area contributed by atoms with Crippen LogP contribution in [0.25, 0.3) is 0 Å². The lowest BCUT2D eigenvalue weighted by Gasteiger charge is -2.22. The maximum absolute atomic E-state index is 11.3. The smallest absolute Gasteiger partial charge is 0.321 e. The number of carboxylic acids is 1. The second-order valence-corrected chi connectivity index (χ2v) is 5.16. The standard InChI is InChI=1S/C17H19NO2/c1-11-3-7-13(8-4-11)15(16(18)17(19)20)14-9-5-12(2)6-10-14/h3-10,15-16H,18H2,1-2H3,(H,19,20)/t16-/m0/s1. The Hall–Kier alpha value is -2.13. The molecule has 104 valence electrons. The highest BCUT2D eigenvalue weighted by Crippen LogP contribution is 2.28. The molecule has 1 atom stereocenters. The van der Waals surface area contributed by atoms with Crippen LogP contribution in [0.15, 0.2) is 48.5 Å². The molecule has 0 saturated carbocycles. The van der Waals surface area contributed by atoms with Crippen molar-refractivity contribution in [2.24, 2.45) is 5.73 Å². The van der Waals surface area contributed by atoms with Crippen LogP contribution in [-0.2, 0) is 4.79 Å². The molecule has 0 bridgehead atoms. The maximum atomic E-state index is 11.3. The van der Waals surface area contributed by atoms with E-state index in [0.717, 1.165) is 22.3 Å². The number of nitrogens with two attached hydrogens (primary N) is 1. The molecule has 0 spiro atoms. The molecular formula is C17H19NO2. The summed E-state index contributed by atoms with van der Waals surface area (Å²) in [5.74, 6) is -1.33. The van der Waals surface area contributed by atoms with Gasteiger partial charge >= 0.3 is 5.97 Å². The van der Waals surface area contributed by atoms with Crippen LogP contribution in [-0.4, -0.2) is 17.1 Å². The van der Waals surface area contributed by atoms with Crippen molar-refractivity contribution in [1.82, 2.24) is 0 Å². The van der Waals surface area contributed by atoms with Crippen LogP contribution in [0.5, 0.6) is 0 Å². The summed E-state index contributed by atoms with van der Waals surface area (Å²) < 4.78 is 0. The minimum absolute atomic E-state index is 0.339. The SMILES string of the molecule is Cc1ccc(C(c2ccc(C)cc2)[C@H](N)C(=O)O)cc1. The van der Waals surface area contributed by atoms with E-state index in [9.17, 15) is 9.90 Å². The van der Waals surface area contributed by atoms with Gasteiger partial charge in [0.1, 0.15) is 6.04 Å². The van der Waals surface area contributed by atoms with Crippen LogP contribution in [0, 0.1) is 13.8 Å². The molecule has 0 fully saturated rings. The van der Waals surface area contributed by atoms with Gasteiger partial charge in [-0.3, -0.25) is 4.79 Å². The van der Waals surface area contributed by atoms with Gasteiger partial charge in [0, 0.05) is 5.92 Å². The van der Waals surface area contributed by atoms with Gasteiger partial charge in [-0.05, 0) is 25.0 Å². The van der Waals surface area contributed by atoms with Crippen molar-refractivity contribution in [3.8, 4) is 0 Å². The summed E-state index contributed by atoms with van der Waals surface area (Å²) in [5, 5.41) is 9.26. The Morgan fingerprint density at radius 1 is 0.900 bits per heavy atom. The Morgan fingerprint density at radius 2 is 1.25 bits per heavy atom. The molecule has 2 aromatic carbocycles. The molecule has 3 nitrogen and oxygen atoms in total. The van der Waals surface area contributed by atoms with Crippen molar-refractivity contribution in [2.45, 2.75) is 25.8 Å². The minimum atomic E-state index is -0.990. The Morgan fingerprint density at radius 3 is 1.55 bits per heavy atom. The second kappa shape index (κ2) is 5.88. The van der Waals surface area contributed by atoms with Gasteiger partial charge in [-0.1, -0.05) is 59.7 Å². The predicted molar refractivity (Wildman–Crippen MR) is 79.8 cm³/mol. The summed E-state index contributed by atoms with van der Waals surface area (Å²) in [6.07, 6.45) is 0. The van der Waals surface area contributed by atoms with Crippen LogP contribution < -0.4 is 5.73 Å². The van der Waals surface area contributed by atoms with E-state index in [4.69, 9.17) is 5.73 Å². The lowest BCUT2D eigenvalue weighted by Crippen LogP contribution is -2.37. The second-order valence-electron chi connectivity index (χ2n) is 5.16. The number of carbonyl (C=O) groups is 1. The highest BCUT2D eigenvalue weighted by atomic mass is 16.4. The molecule has 0 aliphatic rings. The molecule has 3 N–H and O–H groups in total. The fourth-order valence-corrected chi connectivity index (χ4v) is 2.30. The number of hydrogen-bond acceptors (Lipinski definition) is 2. The average Bonchev–Trinajstić information content (AvgIpc) is 2.43. The van der Waals surface area contributed by atoms with Crippen molar-refractivity contribution in [3.05, 3.63) is 70.8 Å². The van der Waals surface area contributed by atoms with E-state index in [1.165, 1.54) is 0 Å². The highest BCUT2D eigenvalue weighted by molar-refractivity contribution is 5.75. The van der Waals surface area contributed by atoms with Gasteiger partial charge in [0.25, 0.3) is 0 Å². The van der Waals surface area contributed by atoms with Crippen LogP contribution in [0.1, 0.15) is 28.2 Å². The molecule has 0 unspecified atom stereocenters. The van der Waals surface area contributed by atoms with E-state index in [-0.39, 0.29) is 5.92 Å². The van der Waals surface area contributed by atoms with E-state index < -0.39 is 12.0 Å². The molecule has 20 heavy (non-hydrogen) atoms. The van der Waals surface area contributed by atoms with Crippen LogP contribution in [0.3, 0.4) is 0 Å². The summed E-state index contributed by atoms with van der Waals surface area (Å²) in [6.45, 7) is 4.00. The third kappa shape index (κ3) is 3.06. The number of benzene rings is 2. The first-order chi connectivity index (χ1) is 9.49. The van der Waals surface area contributed by atoms with Crippen LogP contribution in [0.4, 0.5) is 0 Å². The first-order valence-electron chi connectivity index (χ1n) is 6.60. The average molecular weight is 269 g/mol. The molecule has 0 aromatic heterocycles. The maximum Gasteiger partial charge on any atom is 0.321 e. The minimum Gasteiger partial charge on any atom is -0.480 e. The Bertz CT molecular complexity index is 542. The molecular weight excluding hydrogens is 250 g/mol. The lowest BCUT2D eigenvalue weighted by atomic mass is 9.85. The fourth-order valence-electron chi connectivity index (χ4n) is 2.30. The van der Waals surface area contributed by atoms with Crippen molar-refractivity contribution in [2.75, 3.05) is 0 Å². The Balaban J connectivity index is 2.46. The van der Waals surface area contributed by atoms with Gasteiger partial charge in [-0.2, -0.15) is 0 Å². The summed E-state index contributed by atoms with van der Waals surface area (Å²) in [4.78, 5) is 11.3. The first kappa shape index (κ1) is 14.3. The summed E-state index contributed by atoms with van der Waals surface area (Å²) >= 11 is 0. The normalized spacial score (nSPS) is 12.4. The van der Waals surface area contributed by atoms with Gasteiger partial charge in [-0.15, -0.1) is 0 Å². The Kier molecular flexibility index (Phi) is 4.20. The van der Waals surface area contributed by atoms with Crippen molar-refractivity contribution < 1.29 is 9.90 Å². The van der Waals surface area contributed by atoms with Gasteiger partial charge in [-0.25, -0.2) is 0 Å². The molecule has 2 rings (SSSR count). The first-order valence-corrected chi connectivity index (χ1v) is 6.60. The molecule has 0 amide bonds. The number of aliphatic carboxylic acids is 1. The number of hydrogen-bond donors (Lipinski definition) is 2. The zero-order chi connectivity index (χ0) is 14.7. The third-order valence-electron chi connectivity index (χ3n) is 3.52. The molecule has 3 heteroatoms. The van der Waals surface area contributed by atoms with Gasteiger partial charge in [0.2, 0.25) is 0 Å². The number of aryl methyl sites for hydroxylation is 2. The zero-order valence-corrected chi connectivity index (χ0v) is 11.7. The topological polar surface area (TPSA) is 63.3 Å². The van der Waals surface area contributed by atoms with Crippen molar-refractivity contribution in [1.29, 1.82) is 0 Å². The van der Waals surface area contributed by atoms with Crippen molar-refractivity contribution >= 4 is 5.97 Å². The van der Waals surface area contributed by atoms with E-state index in [0.29, 0.717) is 0 Å². The van der Waals surface area contributed by atoms with Gasteiger partial charge < -0.3 is 10.8 Å². The molecule has 2 aromatic rings. The van der Waals surface area contributed by atoms with E-state index in [2.05, 4.69) is 0 Å². The van der Waals surface area contributed by atoms with Gasteiger partial charge in [0.15, 0.2) is 0 Å². The lowest BCUT2D eigenvalue weighted by molar-refractivity contribution is -0.138.